The van der Waals surface area contributed by atoms with Gasteiger partial charge in [0.1, 0.15) is 0 Å². The first kappa shape index (κ1) is 18.0. The van der Waals surface area contributed by atoms with Crippen LogP contribution in [0.3, 0.4) is 0 Å². The molecule has 2 aliphatic rings. The van der Waals surface area contributed by atoms with Crippen molar-refractivity contribution in [2.75, 3.05) is 13.1 Å². The average Bonchev–Trinajstić information content (AvgIpc) is 3.37. The molecule has 1 unspecified atom stereocenters. The van der Waals surface area contributed by atoms with E-state index in [9.17, 15) is 4.79 Å². The minimum Gasteiger partial charge on any atom is -0.338 e. The minimum absolute atomic E-state index is 0.244. The number of halogens is 1. The number of rotatable bonds is 6. The van der Waals surface area contributed by atoms with Gasteiger partial charge in [0.2, 0.25) is 5.91 Å². The van der Waals surface area contributed by atoms with Gasteiger partial charge in [-0.2, -0.15) is 0 Å². The fourth-order valence-electron chi connectivity index (χ4n) is 3.94. The summed E-state index contributed by atoms with van der Waals surface area (Å²) < 4.78 is 0. The molecule has 26 heavy (non-hydrogen) atoms. The molecule has 1 aromatic carbocycles. The van der Waals surface area contributed by atoms with Gasteiger partial charge in [0.05, 0.1) is 0 Å². The summed E-state index contributed by atoms with van der Waals surface area (Å²) >= 11 is 8.22. The number of carbonyl (C=O) groups excluding carboxylic acids is 1. The van der Waals surface area contributed by atoms with E-state index in [2.05, 4.69) is 29.3 Å². The Bertz CT molecular complexity index is 786. The van der Waals surface area contributed by atoms with Gasteiger partial charge in [0.25, 0.3) is 0 Å². The molecule has 2 aromatic rings. The summed E-state index contributed by atoms with van der Waals surface area (Å²) in [6, 6.07) is 11.1. The van der Waals surface area contributed by atoms with Crippen LogP contribution in [0.4, 0.5) is 0 Å². The molecule has 3 nitrogen and oxygen atoms in total. The Kier molecular flexibility index (Phi) is 5.35. The van der Waals surface area contributed by atoms with E-state index in [0.29, 0.717) is 12.5 Å². The van der Waals surface area contributed by atoms with Crippen molar-refractivity contribution in [3.05, 3.63) is 56.7 Å². The van der Waals surface area contributed by atoms with Crippen molar-refractivity contribution in [2.24, 2.45) is 0 Å². The van der Waals surface area contributed by atoms with Crippen LogP contribution in [-0.4, -0.2) is 34.8 Å². The van der Waals surface area contributed by atoms with Crippen LogP contribution in [0.5, 0.6) is 0 Å². The summed E-state index contributed by atoms with van der Waals surface area (Å²) in [6.45, 7) is 4.66. The highest BCUT2D eigenvalue weighted by Gasteiger charge is 2.34. The Hall–Kier alpha value is -1.36. The normalized spacial score (nSPS) is 18.0. The van der Waals surface area contributed by atoms with Crippen molar-refractivity contribution in [1.29, 1.82) is 0 Å². The molecule has 0 N–H and O–H groups in total. The van der Waals surface area contributed by atoms with Crippen LogP contribution < -0.4 is 0 Å². The van der Waals surface area contributed by atoms with Gasteiger partial charge in [-0.15, -0.1) is 11.3 Å². The number of hydrogen-bond donors (Lipinski definition) is 0. The first-order valence-electron chi connectivity index (χ1n) is 9.46. The van der Waals surface area contributed by atoms with Crippen molar-refractivity contribution in [2.45, 2.75) is 51.2 Å². The number of hydrogen-bond acceptors (Lipinski definition) is 3. The Balaban J connectivity index is 1.39. The second kappa shape index (κ2) is 7.71. The SMILES string of the molecule is CC(c1ccccc1Cl)N(CCC(=O)N1CCc2sccc2C1)C1CC1. The summed E-state index contributed by atoms with van der Waals surface area (Å²) in [5.74, 6) is 0.277. The lowest BCUT2D eigenvalue weighted by Gasteiger charge is -2.32. The smallest absolute Gasteiger partial charge is 0.224 e. The molecule has 0 bridgehead atoms. The van der Waals surface area contributed by atoms with Gasteiger partial charge in [-0.1, -0.05) is 29.8 Å². The van der Waals surface area contributed by atoms with Crippen LogP contribution in [0.15, 0.2) is 35.7 Å². The van der Waals surface area contributed by atoms with Crippen LogP contribution in [0.25, 0.3) is 0 Å². The maximum absolute atomic E-state index is 12.8. The second-order valence-corrected chi connectivity index (χ2v) is 8.76. The van der Waals surface area contributed by atoms with Crippen LogP contribution in [0.1, 0.15) is 48.2 Å². The molecule has 2 heterocycles. The van der Waals surface area contributed by atoms with Gasteiger partial charge in [0.15, 0.2) is 0 Å². The summed E-state index contributed by atoms with van der Waals surface area (Å²) in [5.41, 5.74) is 2.49. The number of benzene rings is 1. The second-order valence-electron chi connectivity index (χ2n) is 7.35. The van der Waals surface area contributed by atoms with E-state index in [4.69, 9.17) is 11.6 Å². The zero-order valence-corrected chi connectivity index (χ0v) is 16.7. The molecule has 1 fully saturated rings. The Morgan fingerprint density at radius 3 is 2.92 bits per heavy atom. The van der Waals surface area contributed by atoms with Crippen LogP contribution in [0, 0.1) is 0 Å². The number of fused-ring (bicyclic) bond motifs is 1. The van der Waals surface area contributed by atoms with Gasteiger partial charge < -0.3 is 4.90 Å². The molecule has 0 radical (unpaired) electrons. The minimum atomic E-state index is 0.244. The Labute approximate surface area is 164 Å². The van der Waals surface area contributed by atoms with Crippen molar-refractivity contribution in [1.82, 2.24) is 9.80 Å². The molecule has 1 aliphatic heterocycles. The average molecular weight is 389 g/mol. The highest BCUT2D eigenvalue weighted by molar-refractivity contribution is 7.10. The van der Waals surface area contributed by atoms with Gasteiger partial charge in [-0.3, -0.25) is 9.69 Å². The Morgan fingerprint density at radius 2 is 2.15 bits per heavy atom. The van der Waals surface area contributed by atoms with Crippen LogP contribution in [0.2, 0.25) is 5.02 Å². The zero-order chi connectivity index (χ0) is 18.1. The van der Waals surface area contributed by atoms with Gasteiger partial charge in [-0.25, -0.2) is 0 Å². The van der Waals surface area contributed by atoms with Crippen LogP contribution in [-0.2, 0) is 17.8 Å². The van der Waals surface area contributed by atoms with Crippen molar-refractivity contribution in [3.8, 4) is 0 Å². The van der Waals surface area contributed by atoms with Crippen molar-refractivity contribution < 1.29 is 4.79 Å². The lowest BCUT2D eigenvalue weighted by Crippen LogP contribution is -2.38. The number of thiophene rings is 1. The van der Waals surface area contributed by atoms with E-state index in [0.717, 1.165) is 36.6 Å². The van der Waals surface area contributed by atoms with E-state index in [1.165, 1.54) is 23.3 Å². The van der Waals surface area contributed by atoms with Crippen molar-refractivity contribution in [3.63, 3.8) is 0 Å². The molecular weight excluding hydrogens is 364 g/mol. The molecule has 1 saturated carbocycles. The quantitative estimate of drug-likeness (QED) is 0.702. The lowest BCUT2D eigenvalue weighted by molar-refractivity contribution is -0.132. The van der Waals surface area contributed by atoms with E-state index in [1.54, 1.807) is 0 Å². The summed E-state index contributed by atoms with van der Waals surface area (Å²) in [7, 11) is 0. The summed E-state index contributed by atoms with van der Waals surface area (Å²) in [4.78, 5) is 18.7. The maximum atomic E-state index is 12.8. The molecule has 1 aromatic heterocycles. The fourth-order valence-corrected chi connectivity index (χ4v) is 5.12. The first-order valence-corrected chi connectivity index (χ1v) is 10.7. The van der Waals surface area contributed by atoms with Gasteiger partial charge in [-0.05, 0) is 54.8 Å². The maximum Gasteiger partial charge on any atom is 0.224 e. The number of amides is 1. The van der Waals surface area contributed by atoms with E-state index in [1.807, 2.05) is 34.4 Å². The third-order valence-electron chi connectivity index (χ3n) is 5.61. The summed E-state index contributed by atoms with van der Waals surface area (Å²) in [6.07, 6.45) is 4.04. The molecule has 1 aliphatic carbocycles. The zero-order valence-electron chi connectivity index (χ0n) is 15.2. The predicted molar refractivity (Wildman–Crippen MR) is 108 cm³/mol. The van der Waals surface area contributed by atoms with E-state index in [-0.39, 0.29) is 11.9 Å². The predicted octanol–water partition coefficient (Wildman–Crippen LogP) is 4.90. The Morgan fingerprint density at radius 1 is 1.35 bits per heavy atom. The van der Waals surface area contributed by atoms with E-state index < -0.39 is 0 Å². The number of carbonyl (C=O) groups is 1. The molecular formula is C21H25ClN2OS. The third kappa shape index (κ3) is 3.83. The lowest BCUT2D eigenvalue weighted by atomic mass is 10.1. The van der Waals surface area contributed by atoms with E-state index >= 15 is 0 Å². The van der Waals surface area contributed by atoms with Gasteiger partial charge >= 0.3 is 0 Å². The highest BCUT2D eigenvalue weighted by Crippen LogP contribution is 2.36. The molecule has 138 valence electrons. The standard InChI is InChI=1S/C21H25ClN2OS/c1-15(18-4-2-3-5-19(18)22)24(17-6-7-17)12-9-21(25)23-11-8-20-16(14-23)10-13-26-20/h2-5,10,13,15,17H,6-9,11-12,14H2,1H3. The van der Waals surface area contributed by atoms with Gasteiger partial charge in [0, 0.05) is 48.0 Å². The summed E-state index contributed by atoms with van der Waals surface area (Å²) in [5, 5.41) is 2.96. The highest BCUT2D eigenvalue weighted by atomic mass is 35.5. The molecule has 1 atom stereocenters. The molecule has 5 heteroatoms. The first-order chi connectivity index (χ1) is 12.6. The number of nitrogens with zero attached hydrogens (tertiary/aromatic N) is 2. The fraction of sp³-hybridized carbons (Fsp3) is 0.476. The molecule has 0 spiro atoms. The topological polar surface area (TPSA) is 23.6 Å². The molecule has 0 saturated heterocycles. The third-order valence-corrected chi connectivity index (χ3v) is 6.98. The molecule has 1 amide bonds. The van der Waals surface area contributed by atoms with Crippen LogP contribution >= 0.6 is 22.9 Å². The largest absolute Gasteiger partial charge is 0.338 e. The molecule has 4 rings (SSSR count). The van der Waals surface area contributed by atoms with Crippen molar-refractivity contribution >= 4 is 28.8 Å². The monoisotopic (exact) mass is 388 g/mol.